The number of aromatic nitrogens is 3. The Kier molecular flexibility index (Phi) is 7.80. The first-order chi connectivity index (χ1) is 12.2. The number of nitrogens with zero attached hydrogens (tertiary/aromatic N) is 4. The van der Waals surface area contributed by atoms with E-state index in [-0.39, 0.29) is 29.8 Å². The molecular formula is C18H26FIN6. The van der Waals surface area contributed by atoms with Crippen molar-refractivity contribution < 1.29 is 4.39 Å². The number of aryl methyl sites for hydroxylation is 2. The van der Waals surface area contributed by atoms with E-state index in [2.05, 4.69) is 30.4 Å². The Morgan fingerprint density at radius 3 is 2.77 bits per heavy atom. The highest BCUT2D eigenvalue weighted by atomic mass is 127. The van der Waals surface area contributed by atoms with Gasteiger partial charge in [0.1, 0.15) is 11.6 Å². The Bertz CT molecular complexity index is 758. The zero-order valence-corrected chi connectivity index (χ0v) is 17.6. The van der Waals surface area contributed by atoms with Crippen LogP contribution < -0.4 is 10.6 Å². The van der Waals surface area contributed by atoms with Gasteiger partial charge in [0.15, 0.2) is 11.8 Å². The molecule has 2 aromatic rings. The molecule has 1 aromatic carbocycles. The van der Waals surface area contributed by atoms with Crippen LogP contribution in [0.15, 0.2) is 23.2 Å². The highest BCUT2D eigenvalue weighted by molar-refractivity contribution is 14.0. The molecule has 1 aliphatic rings. The van der Waals surface area contributed by atoms with Gasteiger partial charge in [0.25, 0.3) is 0 Å². The summed E-state index contributed by atoms with van der Waals surface area (Å²) in [5, 5.41) is 15.1. The van der Waals surface area contributed by atoms with E-state index >= 15 is 0 Å². The van der Waals surface area contributed by atoms with Gasteiger partial charge in [-0.05, 0) is 37.0 Å². The lowest BCUT2D eigenvalue weighted by atomic mass is 10.1. The minimum atomic E-state index is -0.182. The van der Waals surface area contributed by atoms with Crippen molar-refractivity contribution >= 4 is 29.9 Å². The average Bonchev–Trinajstić information content (AvgIpc) is 2.85. The lowest BCUT2D eigenvalue weighted by molar-refractivity contribution is 0.596. The standard InChI is InChI=1S/C18H25FN6.HI/c1-13-10-14(7-8-15(13)19)11-21-18(20-2)22-12-17-24-23-16-6-4-3-5-9-25(16)17;/h7-8,10H,3-6,9,11-12H2,1-2H3,(H2,20,21,22);1H. The normalized spacial score (nSPS) is 14.2. The molecule has 3 rings (SSSR count). The monoisotopic (exact) mass is 472 g/mol. The van der Waals surface area contributed by atoms with E-state index < -0.39 is 0 Å². The van der Waals surface area contributed by atoms with E-state index in [0.717, 1.165) is 30.2 Å². The maximum Gasteiger partial charge on any atom is 0.191 e. The summed E-state index contributed by atoms with van der Waals surface area (Å²) in [6, 6.07) is 5.11. The van der Waals surface area contributed by atoms with Gasteiger partial charge in [-0.1, -0.05) is 18.6 Å². The topological polar surface area (TPSA) is 67.1 Å². The second-order valence-electron chi connectivity index (χ2n) is 6.36. The molecule has 0 spiro atoms. The summed E-state index contributed by atoms with van der Waals surface area (Å²) in [6.07, 6.45) is 4.61. The van der Waals surface area contributed by atoms with Crippen molar-refractivity contribution in [2.24, 2.45) is 4.99 Å². The number of fused-ring (bicyclic) bond motifs is 1. The smallest absolute Gasteiger partial charge is 0.191 e. The maximum absolute atomic E-state index is 13.3. The molecule has 0 saturated heterocycles. The zero-order chi connectivity index (χ0) is 17.6. The van der Waals surface area contributed by atoms with Crippen molar-refractivity contribution in [1.29, 1.82) is 0 Å². The van der Waals surface area contributed by atoms with Gasteiger partial charge < -0.3 is 15.2 Å². The van der Waals surface area contributed by atoms with E-state index in [1.54, 1.807) is 20.0 Å². The Labute approximate surface area is 170 Å². The number of guanidine groups is 1. The highest BCUT2D eigenvalue weighted by Crippen LogP contribution is 2.14. The predicted molar refractivity (Wildman–Crippen MR) is 111 cm³/mol. The van der Waals surface area contributed by atoms with Crippen molar-refractivity contribution in [3.8, 4) is 0 Å². The van der Waals surface area contributed by atoms with Crippen LogP contribution in [0.3, 0.4) is 0 Å². The third kappa shape index (κ3) is 5.15. The summed E-state index contributed by atoms with van der Waals surface area (Å²) in [5.74, 6) is 2.53. The van der Waals surface area contributed by atoms with Gasteiger partial charge in [0.2, 0.25) is 0 Å². The molecule has 2 heterocycles. The number of benzene rings is 1. The van der Waals surface area contributed by atoms with E-state index in [4.69, 9.17) is 0 Å². The van der Waals surface area contributed by atoms with E-state index in [9.17, 15) is 4.39 Å². The maximum atomic E-state index is 13.3. The predicted octanol–water partition coefficient (Wildman–Crippen LogP) is 2.94. The first-order valence-corrected chi connectivity index (χ1v) is 8.78. The lowest BCUT2D eigenvalue weighted by Gasteiger charge is -2.13. The second-order valence-corrected chi connectivity index (χ2v) is 6.36. The average molecular weight is 472 g/mol. The van der Waals surface area contributed by atoms with Crippen LogP contribution in [0.4, 0.5) is 4.39 Å². The number of rotatable bonds is 4. The summed E-state index contributed by atoms with van der Waals surface area (Å²) >= 11 is 0. The van der Waals surface area contributed by atoms with Crippen molar-refractivity contribution in [1.82, 2.24) is 25.4 Å². The number of aliphatic imine (C=N–C) groups is 1. The third-order valence-corrected chi connectivity index (χ3v) is 4.51. The fourth-order valence-corrected chi connectivity index (χ4v) is 3.06. The fourth-order valence-electron chi connectivity index (χ4n) is 3.06. The van der Waals surface area contributed by atoms with Crippen LogP contribution in [-0.2, 0) is 26.1 Å². The highest BCUT2D eigenvalue weighted by Gasteiger charge is 2.14. The van der Waals surface area contributed by atoms with Gasteiger partial charge in [-0.3, -0.25) is 4.99 Å². The molecule has 2 N–H and O–H groups in total. The van der Waals surface area contributed by atoms with E-state index in [1.807, 2.05) is 6.07 Å². The van der Waals surface area contributed by atoms with Crippen LogP contribution in [0.25, 0.3) is 0 Å². The molecule has 142 valence electrons. The minimum Gasteiger partial charge on any atom is -0.352 e. The molecule has 0 radical (unpaired) electrons. The number of halogens is 2. The number of nitrogens with one attached hydrogen (secondary N) is 2. The van der Waals surface area contributed by atoms with Crippen LogP contribution in [0.5, 0.6) is 0 Å². The molecule has 26 heavy (non-hydrogen) atoms. The van der Waals surface area contributed by atoms with Crippen molar-refractivity contribution in [2.45, 2.75) is 52.2 Å². The number of hydrogen-bond donors (Lipinski definition) is 2. The van der Waals surface area contributed by atoms with Gasteiger partial charge in [0.05, 0.1) is 6.54 Å². The Morgan fingerprint density at radius 1 is 1.19 bits per heavy atom. The molecule has 0 fully saturated rings. The number of hydrogen-bond acceptors (Lipinski definition) is 3. The van der Waals surface area contributed by atoms with Crippen LogP contribution in [-0.4, -0.2) is 27.8 Å². The van der Waals surface area contributed by atoms with Gasteiger partial charge in [-0.2, -0.15) is 0 Å². The minimum absolute atomic E-state index is 0. The Balaban J connectivity index is 0.00000243. The molecule has 0 atom stereocenters. The van der Waals surface area contributed by atoms with Crippen LogP contribution >= 0.6 is 24.0 Å². The molecule has 8 heteroatoms. The van der Waals surface area contributed by atoms with Crippen LogP contribution in [0, 0.1) is 12.7 Å². The summed E-state index contributed by atoms with van der Waals surface area (Å²) in [4.78, 5) is 4.24. The summed E-state index contributed by atoms with van der Waals surface area (Å²) in [5.41, 5.74) is 1.66. The van der Waals surface area contributed by atoms with Crippen molar-refractivity contribution in [2.75, 3.05) is 7.05 Å². The van der Waals surface area contributed by atoms with Crippen molar-refractivity contribution in [3.63, 3.8) is 0 Å². The molecule has 1 aliphatic heterocycles. The molecule has 1 aromatic heterocycles. The largest absolute Gasteiger partial charge is 0.352 e. The van der Waals surface area contributed by atoms with E-state index in [1.165, 1.54) is 25.3 Å². The van der Waals surface area contributed by atoms with Crippen LogP contribution in [0.2, 0.25) is 0 Å². The van der Waals surface area contributed by atoms with E-state index in [0.29, 0.717) is 24.6 Å². The van der Waals surface area contributed by atoms with Gasteiger partial charge in [0, 0.05) is 26.6 Å². The molecule has 0 unspecified atom stereocenters. The molecule has 0 amide bonds. The molecule has 0 aliphatic carbocycles. The summed E-state index contributed by atoms with van der Waals surface area (Å²) in [6.45, 7) is 3.91. The molecule has 0 bridgehead atoms. The Hall–Kier alpha value is -1.71. The Morgan fingerprint density at radius 2 is 2.00 bits per heavy atom. The first kappa shape index (κ1) is 20.6. The van der Waals surface area contributed by atoms with Gasteiger partial charge >= 0.3 is 0 Å². The van der Waals surface area contributed by atoms with Crippen molar-refractivity contribution in [3.05, 3.63) is 46.8 Å². The first-order valence-electron chi connectivity index (χ1n) is 8.78. The zero-order valence-electron chi connectivity index (χ0n) is 15.3. The summed E-state index contributed by atoms with van der Waals surface area (Å²) < 4.78 is 15.6. The summed E-state index contributed by atoms with van der Waals surface area (Å²) in [7, 11) is 1.73. The third-order valence-electron chi connectivity index (χ3n) is 4.51. The second kappa shape index (κ2) is 9.84. The van der Waals surface area contributed by atoms with Crippen LogP contribution in [0.1, 0.15) is 42.0 Å². The lowest BCUT2D eigenvalue weighted by Crippen LogP contribution is -2.37. The van der Waals surface area contributed by atoms with Gasteiger partial charge in [-0.25, -0.2) is 4.39 Å². The van der Waals surface area contributed by atoms with Gasteiger partial charge in [-0.15, -0.1) is 34.2 Å². The molecular weight excluding hydrogens is 446 g/mol. The fraction of sp³-hybridized carbons (Fsp3) is 0.500. The quantitative estimate of drug-likeness (QED) is 0.408. The molecule has 6 nitrogen and oxygen atoms in total. The molecule has 0 saturated carbocycles. The SMILES string of the molecule is CN=C(NCc1ccc(F)c(C)c1)NCc1nnc2n1CCCCC2.I.